The van der Waals surface area contributed by atoms with Crippen LogP contribution in [0.1, 0.15) is 10.4 Å². The lowest BCUT2D eigenvalue weighted by molar-refractivity contribution is 1.55. The highest BCUT2D eigenvalue weighted by atomic mass is 32.1. The van der Waals surface area contributed by atoms with E-state index < -0.39 is 0 Å². The van der Waals surface area contributed by atoms with E-state index in [4.69, 9.17) is 0 Å². The van der Waals surface area contributed by atoms with Gasteiger partial charge in [0.25, 0.3) is 0 Å². The van der Waals surface area contributed by atoms with Gasteiger partial charge in [-0.15, -0.1) is 11.3 Å². The van der Waals surface area contributed by atoms with Crippen molar-refractivity contribution < 1.29 is 0 Å². The zero-order valence-electron chi connectivity index (χ0n) is 14.5. The Bertz CT molecular complexity index is 845. The molecule has 3 aromatic carbocycles. The van der Waals surface area contributed by atoms with E-state index in [1.807, 2.05) is 78.9 Å². The minimum absolute atomic E-state index is 1.12. The number of benzene rings is 3. The van der Waals surface area contributed by atoms with Gasteiger partial charge in [0.2, 0.25) is 0 Å². The number of anilines is 2. The van der Waals surface area contributed by atoms with E-state index in [0.717, 1.165) is 11.4 Å². The number of rotatable bonds is 4. The molecule has 128 valence electrons. The fourth-order valence-corrected chi connectivity index (χ4v) is 2.96. The van der Waals surface area contributed by atoms with Crippen molar-refractivity contribution in [2.75, 3.05) is 5.32 Å². The topological polar surface area (TPSA) is 12.0 Å². The molecule has 0 aliphatic carbocycles. The SMILES string of the molecule is C(=Cc1cccs1)c1ccccc1.c1ccc(Nc2ccccc2)cc1. The second-order valence-corrected chi connectivity index (χ2v) is 6.60. The first-order chi connectivity index (χ1) is 12.9. The molecule has 0 amide bonds. The maximum absolute atomic E-state index is 3.30. The van der Waals surface area contributed by atoms with Gasteiger partial charge in [-0.05, 0) is 47.4 Å². The van der Waals surface area contributed by atoms with Crippen LogP contribution in [-0.4, -0.2) is 0 Å². The van der Waals surface area contributed by atoms with Gasteiger partial charge in [0, 0.05) is 16.3 Å². The zero-order valence-corrected chi connectivity index (χ0v) is 15.3. The summed E-state index contributed by atoms with van der Waals surface area (Å²) in [7, 11) is 0. The molecular formula is C24H21NS. The van der Waals surface area contributed by atoms with Gasteiger partial charge in [-0.1, -0.05) is 78.9 Å². The summed E-state index contributed by atoms with van der Waals surface area (Å²) in [6.07, 6.45) is 4.27. The van der Waals surface area contributed by atoms with Crippen molar-refractivity contribution in [1.29, 1.82) is 0 Å². The third-order valence-electron chi connectivity index (χ3n) is 3.62. The average molecular weight is 356 g/mol. The van der Waals surface area contributed by atoms with Crippen molar-refractivity contribution in [3.63, 3.8) is 0 Å². The van der Waals surface area contributed by atoms with Gasteiger partial charge in [-0.2, -0.15) is 0 Å². The second-order valence-electron chi connectivity index (χ2n) is 5.62. The number of hydrogen-bond donors (Lipinski definition) is 1. The van der Waals surface area contributed by atoms with Crippen molar-refractivity contribution in [2.24, 2.45) is 0 Å². The zero-order chi connectivity index (χ0) is 17.9. The monoisotopic (exact) mass is 355 g/mol. The molecule has 0 fully saturated rings. The third kappa shape index (κ3) is 6.08. The Hall–Kier alpha value is -3.10. The second kappa shape index (κ2) is 10.0. The van der Waals surface area contributed by atoms with E-state index in [2.05, 4.69) is 47.1 Å². The average Bonchev–Trinajstić information content (AvgIpc) is 3.23. The summed E-state index contributed by atoms with van der Waals surface area (Å²) in [4.78, 5) is 1.30. The third-order valence-corrected chi connectivity index (χ3v) is 4.46. The molecule has 1 heterocycles. The summed E-state index contributed by atoms with van der Waals surface area (Å²) in [6, 6.07) is 34.8. The summed E-state index contributed by atoms with van der Waals surface area (Å²) >= 11 is 1.76. The van der Waals surface area contributed by atoms with Gasteiger partial charge in [0.15, 0.2) is 0 Å². The normalized spacial score (nSPS) is 10.2. The van der Waals surface area contributed by atoms with Crippen LogP contribution in [0, 0.1) is 0 Å². The standard InChI is InChI=1S/C12H11N.C12H10S/c1-3-7-11(8-4-1)13-12-9-5-2-6-10-12;1-2-5-11(6-3-1)8-9-12-7-4-10-13-12/h1-10,13H;1-10H. The molecule has 0 saturated carbocycles. The summed E-state index contributed by atoms with van der Waals surface area (Å²) in [5, 5.41) is 5.39. The van der Waals surface area contributed by atoms with Crippen LogP contribution in [0.25, 0.3) is 12.2 Å². The molecule has 1 N–H and O–H groups in total. The highest BCUT2D eigenvalue weighted by Crippen LogP contribution is 2.14. The van der Waals surface area contributed by atoms with Gasteiger partial charge < -0.3 is 5.32 Å². The summed E-state index contributed by atoms with van der Waals surface area (Å²) < 4.78 is 0. The number of thiophene rings is 1. The predicted molar refractivity (Wildman–Crippen MR) is 116 cm³/mol. The van der Waals surface area contributed by atoms with Crippen LogP contribution in [0.5, 0.6) is 0 Å². The van der Waals surface area contributed by atoms with Gasteiger partial charge in [0.05, 0.1) is 0 Å². The van der Waals surface area contributed by atoms with E-state index in [1.54, 1.807) is 11.3 Å². The molecule has 0 aliphatic heterocycles. The van der Waals surface area contributed by atoms with Gasteiger partial charge in [0.1, 0.15) is 0 Å². The smallest absolute Gasteiger partial charge is 0.0384 e. The highest BCUT2D eigenvalue weighted by Gasteiger charge is 1.90. The van der Waals surface area contributed by atoms with Crippen LogP contribution in [0.15, 0.2) is 109 Å². The van der Waals surface area contributed by atoms with Crippen LogP contribution in [-0.2, 0) is 0 Å². The minimum Gasteiger partial charge on any atom is -0.356 e. The maximum atomic E-state index is 3.30. The summed E-state index contributed by atoms with van der Waals surface area (Å²) in [5.41, 5.74) is 3.48. The molecule has 0 unspecified atom stereocenters. The van der Waals surface area contributed by atoms with E-state index in [9.17, 15) is 0 Å². The number of nitrogens with one attached hydrogen (secondary N) is 1. The first-order valence-corrected chi connectivity index (χ1v) is 9.42. The van der Waals surface area contributed by atoms with E-state index in [0.29, 0.717) is 0 Å². The largest absolute Gasteiger partial charge is 0.356 e. The lowest BCUT2D eigenvalue weighted by atomic mass is 10.2. The molecule has 0 bridgehead atoms. The van der Waals surface area contributed by atoms with E-state index in [1.165, 1.54) is 10.4 Å². The van der Waals surface area contributed by atoms with Gasteiger partial charge in [-0.3, -0.25) is 0 Å². The van der Waals surface area contributed by atoms with Crippen LogP contribution in [0.4, 0.5) is 11.4 Å². The van der Waals surface area contributed by atoms with Crippen LogP contribution in [0.2, 0.25) is 0 Å². The van der Waals surface area contributed by atoms with Crippen molar-refractivity contribution >= 4 is 34.9 Å². The molecule has 0 saturated heterocycles. The molecule has 0 aliphatic rings. The Morgan fingerprint density at radius 3 is 1.58 bits per heavy atom. The first kappa shape index (κ1) is 17.7. The van der Waals surface area contributed by atoms with Crippen LogP contribution < -0.4 is 5.32 Å². The van der Waals surface area contributed by atoms with Gasteiger partial charge in [-0.25, -0.2) is 0 Å². The molecule has 4 aromatic rings. The minimum atomic E-state index is 1.12. The Morgan fingerprint density at radius 1 is 0.538 bits per heavy atom. The molecule has 26 heavy (non-hydrogen) atoms. The fourth-order valence-electron chi connectivity index (χ4n) is 2.34. The molecule has 0 spiro atoms. The first-order valence-electron chi connectivity index (χ1n) is 8.54. The molecule has 2 heteroatoms. The van der Waals surface area contributed by atoms with E-state index in [-0.39, 0.29) is 0 Å². The lowest BCUT2D eigenvalue weighted by Crippen LogP contribution is -1.87. The summed E-state index contributed by atoms with van der Waals surface area (Å²) in [6.45, 7) is 0. The summed E-state index contributed by atoms with van der Waals surface area (Å²) in [5.74, 6) is 0. The Labute approximate surface area is 159 Å². The van der Waals surface area contributed by atoms with Gasteiger partial charge >= 0.3 is 0 Å². The van der Waals surface area contributed by atoms with Crippen molar-refractivity contribution in [3.05, 3.63) is 119 Å². The molecule has 0 radical (unpaired) electrons. The predicted octanol–water partition coefficient (Wildman–Crippen LogP) is 7.35. The Morgan fingerprint density at radius 2 is 1.08 bits per heavy atom. The van der Waals surface area contributed by atoms with Crippen LogP contribution in [0.3, 0.4) is 0 Å². The Balaban J connectivity index is 0.000000151. The molecule has 4 rings (SSSR count). The molecule has 1 nitrogen and oxygen atoms in total. The van der Waals surface area contributed by atoms with Crippen molar-refractivity contribution in [3.8, 4) is 0 Å². The number of hydrogen-bond acceptors (Lipinski definition) is 2. The molecule has 1 aromatic heterocycles. The fraction of sp³-hybridized carbons (Fsp3) is 0. The maximum Gasteiger partial charge on any atom is 0.0384 e. The van der Waals surface area contributed by atoms with E-state index >= 15 is 0 Å². The lowest BCUT2D eigenvalue weighted by Gasteiger charge is -2.04. The quantitative estimate of drug-likeness (QED) is 0.403. The van der Waals surface area contributed by atoms with Crippen molar-refractivity contribution in [2.45, 2.75) is 0 Å². The number of para-hydroxylation sites is 2. The molecule has 0 atom stereocenters. The van der Waals surface area contributed by atoms with Crippen LogP contribution >= 0.6 is 11.3 Å². The Kier molecular flexibility index (Phi) is 6.83. The highest BCUT2D eigenvalue weighted by molar-refractivity contribution is 7.10. The molecular weight excluding hydrogens is 334 g/mol. The van der Waals surface area contributed by atoms with Crippen molar-refractivity contribution in [1.82, 2.24) is 0 Å².